The van der Waals surface area contributed by atoms with Crippen LogP contribution in [0, 0.1) is 0 Å². The quantitative estimate of drug-likeness (QED) is 0.589. The zero-order chi connectivity index (χ0) is 19.1. The van der Waals surface area contributed by atoms with Gasteiger partial charge in [0, 0.05) is 4.88 Å². The van der Waals surface area contributed by atoms with E-state index in [1.165, 1.54) is 17.6 Å². The Bertz CT molecular complexity index is 794. The molecule has 0 radical (unpaired) electrons. The van der Waals surface area contributed by atoms with Crippen molar-refractivity contribution in [3.05, 3.63) is 70.8 Å². The van der Waals surface area contributed by atoms with Crippen LogP contribution in [-0.4, -0.2) is 30.8 Å². The second kappa shape index (κ2) is 8.75. The van der Waals surface area contributed by atoms with Crippen molar-refractivity contribution in [1.29, 1.82) is 0 Å². The SMILES string of the molecule is CCOc1ccc(OCC(=O)NCC(O)(c2ccco2)c2cccs2)cc1. The minimum atomic E-state index is -1.42. The van der Waals surface area contributed by atoms with Crippen molar-refractivity contribution in [3.8, 4) is 11.5 Å². The average Bonchev–Trinajstić information content (AvgIpc) is 3.40. The van der Waals surface area contributed by atoms with Crippen LogP contribution in [0.15, 0.2) is 64.6 Å². The van der Waals surface area contributed by atoms with Crippen LogP contribution in [0.1, 0.15) is 17.6 Å². The van der Waals surface area contributed by atoms with Gasteiger partial charge in [0.1, 0.15) is 17.3 Å². The first kappa shape index (κ1) is 19.0. The van der Waals surface area contributed by atoms with Gasteiger partial charge in [-0.25, -0.2) is 0 Å². The average molecular weight is 387 g/mol. The molecule has 2 N–H and O–H groups in total. The Morgan fingerprint density at radius 2 is 1.89 bits per heavy atom. The molecule has 1 unspecified atom stereocenters. The summed E-state index contributed by atoms with van der Waals surface area (Å²) in [6.45, 7) is 2.32. The third-order valence-corrected chi connectivity index (χ3v) is 4.92. The van der Waals surface area contributed by atoms with Gasteiger partial charge < -0.3 is 24.3 Å². The maximum absolute atomic E-state index is 12.2. The Morgan fingerprint density at radius 3 is 2.48 bits per heavy atom. The molecule has 0 aliphatic rings. The third-order valence-electron chi connectivity index (χ3n) is 3.90. The zero-order valence-corrected chi connectivity index (χ0v) is 15.7. The van der Waals surface area contributed by atoms with E-state index in [-0.39, 0.29) is 19.1 Å². The molecule has 1 aromatic carbocycles. The van der Waals surface area contributed by atoms with Gasteiger partial charge in [0.2, 0.25) is 0 Å². The van der Waals surface area contributed by atoms with Gasteiger partial charge in [-0.2, -0.15) is 0 Å². The number of hydrogen-bond acceptors (Lipinski definition) is 6. The molecule has 0 spiro atoms. The molecule has 0 fully saturated rings. The Balaban J connectivity index is 1.57. The number of rotatable bonds is 9. The highest BCUT2D eigenvalue weighted by atomic mass is 32.1. The summed E-state index contributed by atoms with van der Waals surface area (Å²) < 4.78 is 16.2. The van der Waals surface area contributed by atoms with Crippen molar-refractivity contribution in [1.82, 2.24) is 5.32 Å². The molecule has 0 aliphatic heterocycles. The molecule has 0 bridgehead atoms. The van der Waals surface area contributed by atoms with E-state index in [0.29, 0.717) is 23.0 Å². The van der Waals surface area contributed by atoms with E-state index in [2.05, 4.69) is 5.32 Å². The highest BCUT2D eigenvalue weighted by Gasteiger charge is 2.36. The van der Waals surface area contributed by atoms with Gasteiger partial charge in [0.15, 0.2) is 12.2 Å². The molecular formula is C20H21NO5S. The number of thiophene rings is 1. The lowest BCUT2D eigenvalue weighted by molar-refractivity contribution is -0.124. The summed E-state index contributed by atoms with van der Waals surface area (Å²) in [5.41, 5.74) is -1.42. The number of benzene rings is 1. The lowest BCUT2D eigenvalue weighted by Crippen LogP contribution is -2.42. The van der Waals surface area contributed by atoms with Gasteiger partial charge in [0.25, 0.3) is 5.91 Å². The Hall–Kier alpha value is -2.77. The van der Waals surface area contributed by atoms with Crippen LogP contribution in [0.3, 0.4) is 0 Å². The molecule has 1 amide bonds. The van der Waals surface area contributed by atoms with E-state index in [4.69, 9.17) is 13.9 Å². The van der Waals surface area contributed by atoms with Gasteiger partial charge in [-0.3, -0.25) is 4.79 Å². The normalized spacial score (nSPS) is 13.0. The van der Waals surface area contributed by atoms with E-state index in [0.717, 1.165) is 5.75 Å². The van der Waals surface area contributed by atoms with E-state index in [9.17, 15) is 9.90 Å². The Morgan fingerprint density at radius 1 is 1.15 bits per heavy atom. The summed E-state index contributed by atoms with van der Waals surface area (Å²) in [6.07, 6.45) is 1.49. The van der Waals surface area contributed by atoms with Crippen LogP contribution < -0.4 is 14.8 Å². The first-order chi connectivity index (χ1) is 13.1. The molecule has 2 aromatic heterocycles. The summed E-state index contributed by atoms with van der Waals surface area (Å²) in [5, 5.41) is 15.7. The molecule has 142 valence electrons. The van der Waals surface area contributed by atoms with Gasteiger partial charge >= 0.3 is 0 Å². The second-order valence-corrected chi connectivity index (χ2v) is 6.73. The monoisotopic (exact) mass is 387 g/mol. The van der Waals surface area contributed by atoms with Crippen molar-refractivity contribution >= 4 is 17.2 Å². The van der Waals surface area contributed by atoms with Crippen molar-refractivity contribution in [2.24, 2.45) is 0 Å². The minimum Gasteiger partial charge on any atom is -0.494 e. The molecule has 0 aliphatic carbocycles. The van der Waals surface area contributed by atoms with Crippen LogP contribution in [0.5, 0.6) is 11.5 Å². The van der Waals surface area contributed by atoms with Gasteiger partial charge in [-0.1, -0.05) is 6.07 Å². The van der Waals surface area contributed by atoms with Crippen LogP contribution in [0.4, 0.5) is 0 Å². The lowest BCUT2D eigenvalue weighted by atomic mass is 9.98. The molecule has 0 saturated heterocycles. The highest BCUT2D eigenvalue weighted by Crippen LogP contribution is 2.32. The van der Waals surface area contributed by atoms with Crippen molar-refractivity contribution in [2.45, 2.75) is 12.5 Å². The van der Waals surface area contributed by atoms with Gasteiger partial charge in [-0.05, 0) is 54.8 Å². The predicted octanol–water partition coefficient (Wildman–Crippen LogP) is 3.17. The largest absolute Gasteiger partial charge is 0.494 e. The third kappa shape index (κ3) is 4.69. The van der Waals surface area contributed by atoms with E-state index >= 15 is 0 Å². The zero-order valence-electron chi connectivity index (χ0n) is 14.9. The lowest BCUT2D eigenvalue weighted by Gasteiger charge is -2.25. The van der Waals surface area contributed by atoms with E-state index in [1.54, 1.807) is 42.5 Å². The highest BCUT2D eigenvalue weighted by molar-refractivity contribution is 7.10. The number of amides is 1. The minimum absolute atomic E-state index is 0.0213. The van der Waals surface area contributed by atoms with Crippen LogP contribution in [0.25, 0.3) is 0 Å². The molecule has 7 heteroatoms. The molecule has 1 atom stereocenters. The summed E-state index contributed by atoms with van der Waals surface area (Å²) in [7, 11) is 0. The first-order valence-electron chi connectivity index (χ1n) is 8.54. The smallest absolute Gasteiger partial charge is 0.258 e. The molecule has 6 nitrogen and oxygen atoms in total. The Labute approximate surface area is 161 Å². The Kier molecular flexibility index (Phi) is 6.16. The second-order valence-electron chi connectivity index (χ2n) is 5.78. The first-order valence-corrected chi connectivity index (χ1v) is 9.42. The molecule has 3 aromatic rings. The fraction of sp³-hybridized carbons (Fsp3) is 0.250. The number of nitrogens with one attached hydrogen (secondary N) is 1. The number of carbonyl (C=O) groups is 1. The molecule has 2 heterocycles. The summed E-state index contributed by atoms with van der Waals surface area (Å²) in [4.78, 5) is 12.9. The predicted molar refractivity (Wildman–Crippen MR) is 102 cm³/mol. The van der Waals surface area contributed by atoms with Crippen molar-refractivity contribution in [2.75, 3.05) is 19.8 Å². The van der Waals surface area contributed by atoms with E-state index in [1.807, 2.05) is 18.4 Å². The van der Waals surface area contributed by atoms with Crippen molar-refractivity contribution in [3.63, 3.8) is 0 Å². The van der Waals surface area contributed by atoms with Gasteiger partial charge in [-0.15, -0.1) is 11.3 Å². The fourth-order valence-corrected chi connectivity index (χ4v) is 3.38. The summed E-state index contributed by atoms with van der Waals surface area (Å²) in [5.74, 6) is 1.34. The fourth-order valence-electron chi connectivity index (χ4n) is 2.55. The summed E-state index contributed by atoms with van der Waals surface area (Å²) >= 11 is 1.39. The van der Waals surface area contributed by atoms with Crippen LogP contribution in [0.2, 0.25) is 0 Å². The number of hydrogen-bond donors (Lipinski definition) is 2. The van der Waals surface area contributed by atoms with Crippen LogP contribution in [-0.2, 0) is 10.4 Å². The number of furan rings is 1. The topological polar surface area (TPSA) is 80.9 Å². The summed E-state index contributed by atoms with van der Waals surface area (Å²) in [6, 6.07) is 14.1. The molecule has 27 heavy (non-hydrogen) atoms. The number of carbonyl (C=O) groups excluding carboxylic acids is 1. The maximum atomic E-state index is 12.2. The number of ether oxygens (including phenoxy) is 2. The van der Waals surface area contributed by atoms with E-state index < -0.39 is 5.60 Å². The molecular weight excluding hydrogens is 366 g/mol. The molecule has 3 rings (SSSR count). The maximum Gasteiger partial charge on any atom is 0.258 e. The standard InChI is InChI=1S/C20H21NO5S/c1-2-24-15-7-9-16(10-8-15)26-13-19(22)21-14-20(23,17-5-3-11-25-17)18-6-4-12-27-18/h3-12,23H,2,13-14H2,1H3,(H,21,22). The number of aliphatic hydroxyl groups is 1. The van der Waals surface area contributed by atoms with Crippen LogP contribution >= 0.6 is 11.3 Å². The van der Waals surface area contributed by atoms with Gasteiger partial charge in [0.05, 0.1) is 19.4 Å². The van der Waals surface area contributed by atoms with Crippen molar-refractivity contribution < 1.29 is 23.8 Å². The molecule has 0 saturated carbocycles.